The highest BCUT2D eigenvalue weighted by atomic mass is 16.5. The molecule has 4 heteroatoms. The Hall–Kier alpha value is -1.45. The quantitative estimate of drug-likeness (QED) is 0.636. The molecule has 0 spiro atoms. The minimum Gasteiger partial charge on any atom is -0.465 e. The topological polar surface area (TPSA) is 52.1 Å². The molecule has 1 aromatic rings. The van der Waals surface area contributed by atoms with Crippen molar-refractivity contribution >= 4 is 5.97 Å². The zero-order chi connectivity index (χ0) is 10.8. The summed E-state index contributed by atoms with van der Waals surface area (Å²) in [6.45, 7) is 5.96. The number of carbonyl (C=O) groups excluding carboxylic acids is 1. The molecule has 4 nitrogen and oxygen atoms in total. The smallest absolute Gasteiger partial charge is 0.341 e. The van der Waals surface area contributed by atoms with Gasteiger partial charge in [-0.25, -0.2) is 14.8 Å². The van der Waals surface area contributed by atoms with Crippen LogP contribution in [-0.2, 0) is 10.2 Å². The molecule has 0 N–H and O–H groups in total. The first kappa shape index (κ1) is 10.6. The Kier molecular flexibility index (Phi) is 2.84. The molecule has 0 unspecified atom stereocenters. The molecule has 0 aliphatic carbocycles. The van der Waals surface area contributed by atoms with Gasteiger partial charge in [0.15, 0.2) is 0 Å². The van der Waals surface area contributed by atoms with Gasteiger partial charge in [0.25, 0.3) is 0 Å². The molecule has 0 radical (unpaired) electrons. The van der Waals surface area contributed by atoms with E-state index in [0.717, 1.165) is 0 Å². The summed E-state index contributed by atoms with van der Waals surface area (Å²) in [6.07, 6.45) is 2.92. The Morgan fingerprint density at radius 2 is 2.07 bits per heavy atom. The largest absolute Gasteiger partial charge is 0.465 e. The molecule has 0 bridgehead atoms. The summed E-state index contributed by atoms with van der Waals surface area (Å²) in [4.78, 5) is 19.3. The Morgan fingerprint density at radius 3 is 2.57 bits per heavy atom. The highest BCUT2D eigenvalue weighted by molar-refractivity contribution is 5.90. The first-order valence-corrected chi connectivity index (χ1v) is 4.35. The van der Waals surface area contributed by atoms with Gasteiger partial charge in [0.2, 0.25) is 0 Å². The van der Waals surface area contributed by atoms with Gasteiger partial charge in [-0.3, -0.25) is 0 Å². The number of nitrogens with zero attached hydrogens (tertiary/aromatic N) is 2. The molecule has 1 rings (SSSR count). The third-order valence-electron chi connectivity index (χ3n) is 1.83. The zero-order valence-electron chi connectivity index (χ0n) is 8.87. The fourth-order valence-corrected chi connectivity index (χ4v) is 1.19. The number of esters is 1. The third-order valence-corrected chi connectivity index (χ3v) is 1.83. The molecule has 0 amide bonds. The molecule has 76 valence electrons. The second-order valence-corrected chi connectivity index (χ2v) is 4.03. The van der Waals surface area contributed by atoms with Crippen molar-refractivity contribution in [3.63, 3.8) is 0 Å². The van der Waals surface area contributed by atoms with Gasteiger partial charge in [-0.05, 0) is 0 Å². The highest BCUT2D eigenvalue weighted by Crippen LogP contribution is 2.23. The summed E-state index contributed by atoms with van der Waals surface area (Å²) < 4.78 is 4.65. The minimum atomic E-state index is -0.393. The average molecular weight is 194 g/mol. The fraction of sp³-hybridized carbons (Fsp3) is 0.500. The van der Waals surface area contributed by atoms with Crippen molar-refractivity contribution < 1.29 is 9.53 Å². The molecule has 1 aromatic heterocycles. The predicted octanol–water partition coefficient (Wildman–Crippen LogP) is 1.56. The van der Waals surface area contributed by atoms with Crippen molar-refractivity contribution in [1.29, 1.82) is 0 Å². The second-order valence-electron chi connectivity index (χ2n) is 4.03. The number of carbonyl (C=O) groups is 1. The van der Waals surface area contributed by atoms with Crippen molar-refractivity contribution in [2.24, 2.45) is 0 Å². The first-order valence-electron chi connectivity index (χ1n) is 4.35. The Balaban J connectivity index is 3.23. The van der Waals surface area contributed by atoms with E-state index in [9.17, 15) is 4.79 Å². The summed E-state index contributed by atoms with van der Waals surface area (Å²) in [5, 5.41) is 0. The molecule has 0 aliphatic heterocycles. The number of ether oxygens (including phenoxy) is 1. The maximum absolute atomic E-state index is 11.4. The van der Waals surface area contributed by atoms with Gasteiger partial charge in [-0.2, -0.15) is 0 Å². The van der Waals surface area contributed by atoms with E-state index in [4.69, 9.17) is 0 Å². The van der Waals surface area contributed by atoms with Crippen LogP contribution in [0.5, 0.6) is 0 Å². The van der Waals surface area contributed by atoms with Gasteiger partial charge in [0.1, 0.15) is 6.33 Å². The summed E-state index contributed by atoms with van der Waals surface area (Å²) in [7, 11) is 1.35. The van der Waals surface area contributed by atoms with Crippen molar-refractivity contribution in [2.45, 2.75) is 26.2 Å². The van der Waals surface area contributed by atoms with Gasteiger partial charge in [-0.1, -0.05) is 20.8 Å². The van der Waals surface area contributed by atoms with Gasteiger partial charge in [0.05, 0.1) is 18.4 Å². The number of hydrogen-bond acceptors (Lipinski definition) is 4. The minimum absolute atomic E-state index is 0.188. The maximum Gasteiger partial charge on any atom is 0.341 e. The van der Waals surface area contributed by atoms with E-state index >= 15 is 0 Å². The lowest BCUT2D eigenvalue weighted by Gasteiger charge is -2.19. The molecule has 0 atom stereocenters. The van der Waals surface area contributed by atoms with Gasteiger partial charge < -0.3 is 4.74 Å². The van der Waals surface area contributed by atoms with Crippen molar-refractivity contribution in [3.8, 4) is 0 Å². The second kappa shape index (κ2) is 3.74. The molecular formula is C10H14N2O2. The number of rotatable bonds is 1. The summed E-state index contributed by atoms with van der Waals surface area (Å²) in [5.74, 6) is -0.393. The number of methoxy groups -OCH3 is 1. The normalized spacial score (nSPS) is 11.1. The highest BCUT2D eigenvalue weighted by Gasteiger charge is 2.23. The van der Waals surface area contributed by atoms with Gasteiger partial charge >= 0.3 is 5.97 Å². The van der Waals surface area contributed by atoms with E-state index in [-0.39, 0.29) is 5.41 Å². The standard InChI is InChI=1S/C10H14N2O2/c1-10(2,3)8-7(9(13)14-4)5-11-6-12-8/h5-6H,1-4H3. The van der Waals surface area contributed by atoms with Gasteiger partial charge in [0, 0.05) is 11.6 Å². The molecule has 0 fully saturated rings. The Morgan fingerprint density at radius 1 is 1.43 bits per heavy atom. The van der Waals surface area contributed by atoms with E-state index in [0.29, 0.717) is 11.3 Å². The van der Waals surface area contributed by atoms with Crippen LogP contribution in [0.4, 0.5) is 0 Å². The third kappa shape index (κ3) is 2.07. The van der Waals surface area contributed by atoms with Crippen LogP contribution in [-0.4, -0.2) is 23.0 Å². The molecule has 0 aromatic carbocycles. The van der Waals surface area contributed by atoms with Crippen LogP contribution in [0.25, 0.3) is 0 Å². The average Bonchev–Trinajstić information content (AvgIpc) is 2.15. The van der Waals surface area contributed by atoms with Crippen molar-refractivity contribution in [1.82, 2.24) is 9.97 Å². The lowest BCUT2D eigenvalue weighted by Crippen LogP contribution is -2.20. The van der Waals surface area contributed by atoms with Crippen molar-refractivity contribution in [2.75, 3.05) is 7.11 Å². The molecular weight excluding hydrogens is 180 g/mol. The van der Waals surface area contributed by atoms with Crippen LogP contribution in [0.1, 0.15) is 36.8 Å². The Labute approximate surface area is 83.3 Å². The lowest BCUT2D eigenvalue weighted by molar-refractivity contribution is 0.0596. The van der Waals surface area contributed by atoms with Gasteiger partial charge in [-0.15, -0.1) is 0 Å². The lowest BCUT2D eigenvalue weighted by atomic mass is 9.89. The van der Waals surface area contributed by atoms with Crippen LogP contribution < -0.4 is 0 Å². The number of hydrogen-bond donors (Lipinski definition) is 0. The van der Waals surface area contributed by atoms with E-state index in [2.05, 4.69) is 14.7 Å². The molecule has 0 saturated carbocycles. The first-order chi connectivity index (χ1) is 6.46. The van der Waals surface area contributed by atoms with Crippen molar-refractivity contribution in [3.05, 3.63) is 23.8 Å². The summed E-state index contributed by atoms with van der Waals surface area (Å²) in [6, 6.07) is 0. The van der Waals surface area contributed by atoms with Crippen LogP contribution in [0.15, 0.2) is 12.5 Å². The summed E-state index contributed by atoms with van der Waals surface area (Å²) >= 11 is 0. The number of aromatic nitrogens is 2. The SMILES string of the molecule is COC(=O)c1cncnc1C(C)(C)C. The molecule has 0 saturated heterocycles. The van der Waals surface area contributed by atoms with Crippen LogP contribution in [0, 0.1) is 0 Å². The van der Waals surface area contributed by atoms with E-state index < -0.39 is 5.97 Å². The van der Waals surface area contributed by atoms with Crippen LogP contribution >= 0.6 is 0 Å². The molecule has 14 heavy (non-hydrogen) atoms. The zero-order valence-corrected chi connectivity index (χ0v) is 8.87. The molecule has 0 aliphatic rings. The Bertz CT molecular complexity index is 342. The fourth-order valence-electron chi connectivity index (χ4n) is 1.19. The van der Waals surface area contributed by atoms with Crippen LogP contribution in [0.3, 0.4) is 0 Å². The van der Waals surface area contributed by atoms with E-state index in [1.54, 1.807) is 0 Å². The van der Waals surface area contributed by atoms with E-state index in [1.807, 2.05) is 20.8 Å². The van der Waals surface area contributed by atoms with E-state index in [1.165, 1.54) is 19.6 Å². The monoisotopic (exact) mass is 194 g/mol. The van der Waals surface area contributed by atoms with Crippen LogP contribution in [0.2, 0.25) is 0 Å². The molecule has 1 heterocycles. The maximum atomic E-state index is 11.4. The predicted molar refractivity (Wildman–Crippen MR) is 52.1 cm³/mol. The summed E-state index contributed by atoms with van der Waals surface area (Å²) in [5.41, 5.74) is 0.953.